The smallest absolute Gasteiger partial charge is 0.245 e. The van der Waals surface area contributed by atoms with E-state index in [4.69, 9.17) is 21.1 Å². The predicted molar refractivity (Wildman–Crippen MR) is 157 cm³/mol. The number of benzene rings is 2. The summed E-state index contributed by atoms with van der Waals surface area (Å²) in [5.41, 5.74) is -2.29. The molecule has 0 radical (unpaired) electrons. The van der Waals surface area contributed by atoms with E-state index < -0.39 is 66.2 Å². The van der Waals surface area contributed by atoms with Crippen molar-refractivity contribution in [3.8, 4) is 11.5 Å². The second kappa shape index (κ2) is 13.6. The number of sulfone groups is 2. The van der Waals surface area contributed by atoms with Crippen molar-refractivity contribution in [2.24, 2.45) is 0 Å². The Labute approximate surface area is 251 Å². The van der Waals surface area contributed by atoms with Gasteiger partial charge in [0.25, 0.3) is 0 Å². The maximum atomic E-state index is 13.4. The molecule has 1 aliphatic heterocycles. The molecule has 0 saturated heterocycles. The Hall–Kier alpha value is -2.91. The van der Waals surface area contributed by atoms with Crippen molar-refractivity contribution in [2.75, 3.05) is 37.0 Å². The van der Waals surface area contributed by atoms with Gasteiger partial charge in [0.1, 0.15) is 21.8 Å². The van der Waals surface area contributed by atoms with Crippen LogP contribution in [0.5, 0.6) is 11.5 Å². The summed E-state index contributed by atoms with van der Waals surface area (Å²) < 4.78 is 61.0. The number of carbonyl (C=O) groups is 2. The van der Waals surface area contributed by atoms with Gasteiger partial charge < -0.3 is 25.2 Å². The summed E-state index contributed by atoms with van der Waals surface area (Å²) in [5, 5.41) is 19.5. The summed E-state index contributed by atoms with van der Waals surface area (Å²) in [6, 6.07) is 11.8. The first-order valence-electron chi connectivity index (χ1n) is 13.1. The lowest BCUT2D eigenvalue weighted by Gasteiger charge is -2.39. The van der Waals surface area contributed by atoms with Gasteiger partial charge in [-0.3, -0.25) is 14.9 Å². The van der Waals surface area contributed by atoms with Crippen molar-refractivity contribution in [1.82, 2.24) is 16.0 Å². The van der Waals surface area contributed by atoms with Crippen LogP contribution in [0.1, 0.15) is 25.8 Å². The highest BCUT2D eigenvalue weighted by atomic mass is 35.5. The molecule has 4 N–H and O–H groups in total. The summed E-state index contributed by atoms with van der Waals surface area (Å²) in [5.74, 6) is -2.62. The number of amides is 2. The van der Waals surface area contributed by atoms with Crippen LogP contribution in [-0.2, 0) is 35.7 Å². The maximum absolute atomic E-state index is 13.4. The number of fused-ring (bicyclic) bond motifs is 1. The van der Waals surface area contributed by atoms with Crippen LogP contribution in [0.15, 0.2) is 53.4 Å². The molecular weight excluding hydrogens is 610 g/mol. The van der Waals surface area contributed by atoms with E-state index in [2.05, 4.69) is 16.0 Å². The zero-order valence-corrected chi connectivity index (χ0v) is 25.9. The minimum Gasteiger partial charge on any atom is -0.454 e. The molecular formula is C27H36ClN3O9S2. The molecule has 1 unspecified atom stereocenters. The molecule has 0 fully saturated rings. The lowest BCUT2D eigenvalue weighted by Crippen LogP contribution is -2.66. The molecule has 2 amide bonds. The number of carbonyl (C=O) groups excluding carboxylic acids is 2. The van der Waals surface area contributed by atoms with Gasteiger partial charge in [-0.15, -0.1) is 11.6 Å². The molecule has 0 aromatic heterocycles. The van der Waals surface area contributed by atoms with Gasteiger partial charge in [-0.2, -0.15) is 0 Å². The third-order valence-electron chi connectivity index (χ3n) is 6.57. The highest BCUT2D eigenvalue weighted by Gasteiger charge is 2.38. The number of hydrogen-bond donors (Lipinski definition) is 4. The molecule has 0 saturated carbocycles. The maximum Gasteiger partial charge on any atom is 0.245 e. The number of ether oxygens (including phenoxy) is 2. The van der Waals surface area contributed by atoms with Crippen LogP contribution in [0, 0.1) is 0 Å². The van der Waals surface area contributed by atoms with Gasteiger partial charge in [-0.25, -0.2) is 16.8 Å². The number of alkyl halides is 1. The fourth-order valence-electron chi connectivity index (χ4n) is 4.45. The van der Waals surface area contributed by atoms with Crippen LogP contribution in [0.2, 0.25) is 0 Å². The van der Waals surface area contributed by atoms with E-state index in [1.165, 1.54) is 25.1 Å². The zero-order chi connectivity index (χ0) is 31.2. The number of hydrogen-bond acceptors (Lipinski definition) is 10. The first kappa shape index (κ1) is 33.6. The first-order chi connectivity index (χ1) is 19.6. The van der Waals surface area contributed by atoms with Crippen LogP contribution in [0.25, 0.3) is 0 Å². The second-order valence-corrected chi connectivity index (χ2v) is 15.0. The largest absolute Gasteiger partial charge is 0.454 e. The van der Waals surface area contributed by atoms with E-state index in [1.807, 2.05) is 18.2 Å². The van der Waals surface area contributed by atoms with E-state index in [-0.39, 0.29) is 36.8 Å². The summed E-state index contributed by atoms with van der Waals surface area (Å²) in [6.45, 7) is 2.81. The Kier molecular flexibility index (Phi) is 10.9. The van der Waals surface area contributed by atoms with Gasteiger partial charge in [0.05, 0.1) is 27.7 Å². The van der Waals surface area contributed by atoms with Crippen molar-refractivity contribution in [3.63, 3.8) is 0 Å². The third kappa shape index (κ3) is 9.56. The molecule has 1 aliphatic rings. The molecule has 2 aromatic rings. The average Bonchev–Trinajstić information content (AvgIpc) is 3.39. The topological polar surface area (TPSA) is 177 Å². The molecule has 0 spiro atoms. The summed E-state index contributed by atoms with van der Waals surface area (Å²) in [6.07, 6.45) is 1.37. The van der Waals surface area contributed by atoms with Gasteiger partial charge >= 0.3 is 0 Å². The van der Waals surface area contributed by atoms with E-state index in [9.17, 15) is 31.5 Å². The number of aliphatic hydroxyl groups is 1. The van der Waals surface area contributed by atoms with Crippen molar-refractivity contribution in [1.29, 1.82) is 0 Å². The van der Waals surface area contributed by atoms with Gasteiger partial charge in [-0.05, 0) is 31.0 Å². The fourth-order valence-corrected chi connectivity index (χ4v) is 7.02. The highest BCUT2D eigenvalue weighted by molar-refractivity contribution is 7.91. The third-order valence-corrected chi connectivity index (χ3v) is 9.72. The monoisotopic (exact) mass is 645 g/mol. The quantitative estimate of drug-likeness (QED) is 0.160. The summed E-state index contributed by atoms with van der Waals surface area (Å²) >= 11 is 5.57. The molecule has 15 heteroatoms. The molecule has 2 aromatic carbocycles. The Balaban J connectivity index is 1.85. The molecule has 42 heavy (non-hydrogen) atoms. The van der Waals surface area contributed by atoms with E-state index in [1.54, 1.807) is 19.1 Å². The fraction of sp³-hybridized carbons (Fsp3) is 0.481. The Bertz CT molecular complexity index is 1490. The van der Waals surface area contributed by atoms with Gasteiger partial charge in [0, 0.05) is 25.3 Å². The first-order valence-corrected chi connectivity index (χ1v) is 17.3. The Morgan fingerprint density at radius 3 is 2.36 bits per heavy atom. The highest BCUT2D eigenvalue weighted by Crippen LogP contribution is 2.34. The van der Waals surface area contributed by atoms with Crippen LogP contribution >= 0.6 is 11.6 Å². The standard InChI is InChI=1S/C27H36ClN3O9S2/c1-4-27(13-19-8-6-5-7-9-19,31-25(33)21(15-41(3,35)36)30-24(32)14-28)29-16-26(2,34)17-42(37,38)20-10-11-22-23(12-20)40-18-39-22/h5-12,21,29,34H,4,13-18H2,1-3H3,(H,30,32)(H,31,33)/t21-,26-,27?/m1/s1. The van der Waals surface area contributed by atoms with Crippen molar-refractivity contribution < 1.29 is 41.0 Å². The van der Waals surface area contributed by atoms with Crippen LogP contribution < -0.4 is 25.4 Å². The normalized spacial score (nSPS) is 16.6. The zero-order valence-electron chi connectivity index (χ0n) is 23.6. The molecule has 3 rings (SSSR count). The van der Waals surface area contributed by atoms with E-state index in [0.717, 1.165) is 11.8 Å². The average molecular weight is 646 g/mol. The Morgan fingerprint density at radius 1 is 1.07 bits per heavy atom. The van der Waals surface area contributed by atoms with E-state index >= 15 is 0 Å². The minimum atomic E-state index is -3.99. The molecule has 232 valence electrons. The molecule has 3 atom stereocenters. The lowest BCUT2D eigenvalue weighted by molar-refractivity contribution is -0.129. The van der Waals surface area contributed by atoms with Crippen molar-refractivity contribution in [3.05, 3.63) is 54.1 Å². The van der Waals surface area contributed by atoms with E-state index in [0.29, 0.717) is 5.75 Å². The van der Waals surface area contributed by atoms with Crippen LogP contribution in [0.4, 0.5) is 0 Å². The minimum absolute atomic E-state index is 0.0205. The summed E-state index contributed by atoms with van der Waals surface area (Å²) in [4.78, 5) is 25.3. The van der Waals surface area contributed by atoms with Gasteiger partial charge in [-0.1, -0.05) is 37.3 Å². The number of rotatable bonds is 15. The Morgan fingerprint density at radius 2 is 1.74 bits per heavy atom. The lowest BCUT2D eigenvalue weighted by atomic mass is 9.95. The number of nitrogens with one attached hydrogen (secondary N) is 3. The predicted octanol–water partition coefficient (Wildman–Crippen LogP) is 0.763. The van der Waals surface area contributed by atoms with Gasteiger partial charge in [0.2, 0.25) is 18.6 Å². The number of halogens is 1. The van der Waals surface area contributed by atoms with Crippen molar-refractivity contribution >= 4 is 43.1 Å². The summed E-state index contributed by atoms with van der Waals surface area (Å²) in [7, 11) is -7.68. The SMILES string of the molecule is CCC(Cc1ccccc1)(NC[C@@](C)(O)CS(=O)(=O)c1ccc2c(c1)OCO2)NC(=O)[C@@H](CS(C)(=O)=O)NC(=O)CCl. The molecule has 0 aliphatic carbocycles. The van der Waals surface area contributed by atoms with Crippen LogP contribution in [0.3, 0.4) is 0 Å². The van der Waals surface area contributed by atoms with Crippen molar-refractivity contribution in [2.45, 2.75) is 48.9 Å². The second-order valence-electron chi connectivity index (χ2n) is 10.6. The molecule has 0 bridgehead atoms. The molecule has 1 heterocycles. The molecule has 12 nitrogen and oxygen atoms in total. The van der Waals surface area contributed by atoms with Crippen LogP contribution in [-0.4, -0.2) is 88.0 Å². The van der Waals surface area contributed by atoms with Gasteiger partial charge in [0.15, 0.2) is 21.3 Å².